The molecule has 11 heteroatoms. The smallest absolute Gasteiger partial charge is 0.251 e. The van der Waals surface area contributed by atoms with Crippen LogP contribution >= 0.6 is 0 Å². The first-order chi connectivity index (χ1) is 15.6. The molecular weight excluding hydrogens is 569 g/mol. The number of hydrogen-bond acceptors (Lipinski definition) is 7. The minimum absolute atomic E-state index is 0. The Morgan fingerprint density at radius 2 is 1.67 bits per heavy atom. The summed E-state index contributed by atoms with van der Waals surface area (Å²) in [5.41, 5.74) is 10.0. The molecular formula is C22H20N7O3Tb-. The summed E-state index contributed by atoms with van der Waals surface area (Å²) in [5, 5.41) is 5.35. The first-order valence-electron chi connectivity index (χ1n) is 9.77. The van der Waals surface area contributed by atoms with Crippen molar-refractivity contribution in [1.82, 2.24) is 30.6 Å². The Labute approximate surface area is 220 Å². The van der Waals surface area contributed by atoms with Crippen LogP contribution in [0.1, 0.15) is 27.0 Å². The number of rotatable bonds is 9. The number of nitrogens with one attached hydrogen (secondary N) is 3. The molecule has 2 heterocycles. The summed E-state index contributed by atoms with van der Waals surface area (Å²) in [5.74, 6) is 0.257. The number of hydrogen-bond donors (Lipinski definition) is 4. The van der Waals surface area contributed by atoms with E-state index in [0.29, 0.717) is 42.3 Å². The van der Waals surface area contributed by atoms with Gasteiger partial charge in [0.05, 0.1) is 6.33 Å². The second-order valence-corrected chi connectivity index (χ2v) is 6.93. The summed E-state index contributed by atoms with van der Waals surface area (Å²) in [4.78, 5) is 37.7. The van der Waals surface area contributed by atoms with E-state index in [1.54, 1.807) is 30.7 Å². The topological polar surface area (TPSA) is 148 Å². The van der Waals surface area contributed by atoms with Crippen molar-refractivity contribution in [2.75, 3.05) is 5.73 Å². The van der Waals surface area contributed by atoms with Crippen molar-refractivity contribution in [3.05, 3.63) is 77.1 Å². The van der Waals surface area contributed by atoms with Crippen LogP contribution in [0.15, 0.2) is 54.9 Å². The third-order valence-electron chi connectivity index (χ3n) is 4.70. The number of fused-ring (bicyclic) bond motifs is 1. The van der Waals surface area contributed by atoms with Crippen molar-refractivity contribution in [3.63, 3.8) is 0 Å². The van der Waals surface area contributed by atoms with Gasteiger partial charge in [-0.25, -0.2) is 4.98 Å². The summed E-state index contributed by atoms with van der Waals surface area (Å²) in [6, 6.07) is 14.7. The van der Waals surface area contributed by atoms with Crippen molar-refractivity contribution in [2.24, 2.45) is 0 Å². The van der Waals surface area contributed by atoms with Crippen LogP contribution < -0.4 is 21.1 Å². The van der Waals surface area contributed by atoms with Crippen molar-refractivity contribution < 1.29 is 52.9 Å². The van der Waals surface area contributed by atoms with E-state index < -0.39 is 0 Å². The average molecular weight is 589 g/mol. The minimum Gasteiger partial charge on any atom is -0.526 e. The van der Waals surface area contributed by atoms with Gasteiger partial charge in [-0.15, -0.1) is 0 Å². The van der Waals surface area contributed by atoms with Crippen molar-refractivity contribution in [1.29, 1.82) is 0 Å². The molecule has 1 radical (unpaired) electrons. The molecule has 0 bridgehead atoms. The maximum absolute atomic E-state index is 12.3. The molecule has 10 nitrogen and oxygen atoms in total. The zero-order valence-corrected chi connectivity index (χ0v) is 19.4. The third kappa shape index (κ3) is 6.42. The number of ether oxygens (including phenoxy) is 1. The van der Waals surface area contributed by atoms with E-state index in [1.807, 2.05) is 24.3 Å². The van der Waals surface area contributed by atoms with Crippen LogP contribution in [-0.2, 0) is 24.5 Å². The van der Waals surface area contributed by atoms with Gasteiger partial charge in [0.25, 0.3) is 5.91 Å². The predicted octanol–water partition coefficient (Wildman–Crippen LogP) is 1.60. The number of aromatic amines is 1. The maximum atomic E-state index is 12.3. The minimum atomic E-state index is -0.177. The Morgan fingerprint density at radius 3 is 2.39 bits per heavy atom. The summed E-state index contributed by atoms with van der Waals surface area (Å²) in [6.07, 6.45) is 3.13. The second-order valence-electron chi connectivity index (χ2n) is 6.93. The molecule has 33 heavy (non-hydrogen) atoms. The number of nitrogens with two attached hydrogens (primary N) is 1. The number of nitrogen functional groups attached to an aromatic ring is 1. The van der Waals surface area contributed by atoms with Crippen molar-refractivity contribution >= 4 is 29.4 Å². The summed E-state index contributed by atoms with van der Waals surface area (Å²) in [7, 11) is 0. The zero-order chi connectivity index (χ0) is 22.3. The van der Waals surface area contributed by atoms with Crippen molar-refractivity contribution in [2.45, 2.75) is 19.7 Å². The zero-order valence-electron chi connectivity index (χ0n) is 17.3. The van der Waals surface area contributed by atoms with E-state index in [2.05, 4.69) is 30.6 Å². The van der Waals surface area contributed by atoms with Crippen LogP contribution in [0, 0.1) is 38.6 Å². The van der Waals surface area contributed by atoms with Crippen LogP contribution in [0.25, 0.3) is 11.2 Å². The SMILES string of the molecule is Nc1nc(OCc2ccc(CNC(=O)c3ccc(CN[C-]=O)cc3)cc2)c2[nH]cnc2n1.[Tb]. The fourth-order valence-electron chi connectivity index (χ4n) is 3.03. The Kier molecular flexibility index (Phi) is 8.61. The van der Waals surface area contributed by atoms with E-state index in [-0.39, 0.29) is 50.5 Å². The molecule has 0 aliphatic heterocycles. The number of benzene rings is 2. The van der Waals surface area contributed by atoms with Gasteiger partial charge in [-0.3, -0.25) is 4.79 Å². The Hall–Kier alpha value is -3.18. The Bertz CT molecular complexity index is 1230. The maximum Gasteiger partial charge on any atom is 0.251 e. The number of H-pyrrole nitrogens is 1. The van der Waals surface area contributed by atoms with Gasteiger partial charge in [-0.2, -0.15) is 16.4 Å². The molecule has 2 aromatic carbocycles. The van der Waals surface area contributed by atoms with Gasteiger partial charge < -0.3 is 30.9 Å². The van der Waals surface area contributed by atoms with Gasteiger partial charge in [-0.05, 0) is 28.8 Å². The molecule has 0 aliphatic carbocycles. The molecule has 4 aromatic rings. The summed E-state index contributed by atoms with van der Waals surface area (Å²) in [6.45, 7) is 1.06. The number of anilines is 1. The molecule has 0 spiro atoms. The molecule has 0 saturated carbocycles. The molecule has 5 N–H and O–H groups in total. The first kappa shape index (κ1) is 24.5. The van der Waals surface area contributed by atoms with E-state index in [0.717, 1.165) is 16.7 Å². The van der Waals surface area contributed by atoms with Gasteiger partial charge in [0.1, 0.15) is 12.1 Å². The fraction of sp³-hybridized carbons (Fsp3) is 0.136. The van der Waals surface area contributed by atoms with Gasteiger partial charge >= 0.3 is 0 Å². The van der Waals surface area contributed by atoms with Crippen LogP contribution in [0.4, 0.5) is 5.95 Å². The molecule has 4 rings (SSSR count). The molecule has 0 aliphatic rings. The van der Waals surface area contributed by atoms with Gasteiger partial charge in [0, 0.05) is 57.3 Å². The molecule has 0 fully saturated rings. The van der Waals surface area contributed by atoms with E-state index >= 15 is 0 Å². The second kappa shape index (κ2) is 11.6. The molecule has 0 unspecified atom stereocenters. The molecule has 2 aromatic heterocycles. The van der Waals surface area contributed by atoms with Crippen LogP contribution in [0.5, 0.6) is 5.88 Å². The Morgan fingerprint density at radius 1 is 1.00 bits per heavy atom. The average Bonchev–Trinajstić information content (AvgIpc) is 3.29. The normalized spacial score (nSPS) is 10.3. The summed E-state index contributed by atoms with van der Waals surface area (Å²) >= 11 is 0. The van der Waals surface area contributed by atoms with Gasteiger partial charge in [0.2, 0.25) is 11.8 Å². The monoisotopic (exact) mass is 589 g/mol. The van der Waals surface area contributed by atoms with E-state index in [1.165, 1.54) is 6.33 Å². The Balaban J connectivity index is 0.00000306. The number of imidazole rings is 1. The molecule has 0 atom stereocenters. The fourth-order valence-corrected chi connectivity index (χ4v) is 3.03. The van der Waals surface area contributed by atoms with Crippen LogP contribution in [-0.4, -0.2) is 32.3 Å². The number of aromatic nitrogens is 4. The van der Waals surface area contributed by atoms with Crippen LogP contribution in [0.3, 0.4) is 0 Å². The predicted molar refractivity (Wildman–Crippen MR) is 117 cm³/mol. The third-order valence-corrected chi connectivity index (χ3v) is 4.70. The molecule has 0 saturated heterocycles. The van der Waals surface area contributed by atoms with Crippen LogP contribution in [0.2, 0.25) is 0 Å². The molecule has 171 valence electrons. The standard InChI is InChI=1S/C22H20N7O3.Tb/c23-22-28-19-18(26-12-27-19)21(29-22)32-11-16-3-1-15(2-4-16)10-25-20(31)17-7-5-14(6-8-17)9-24-13-30;/h1-8,12H,9-11H2,(H,24,30)(H,25,31)(H3,23,26,27,28,29);/q-1;. The molecule has 2 amide bonds. The quantitative estimate of drug-likeness (QED) is 0.171. The van der Waals surface area contributed by atoms with Gasteiger partial charge in [0.15, 0.2) is 5.65 Å². The van der Waals surface area contributed by atoms with Crippen molar-refractivity contribution in [3.8, 4) is 5.88 Å². The van der Waals surface area contributed by atoms with E-state index in [9.17, 15) is 9.59 Å². The number of amides is 2. The van der Waals surface area contributed by atoms with E-state index in [4.69, 9.17) is 10.5 Å². The number of nitrogens with zero attached hydrogens (tertiary/aromatic N) is 3. The first-order valence-corrected chi connectivity index (χ1v) is 9.77. The summed E-state index contributed by atoms with van der Waals surface area (Å²) < 4.78 is 5.78. The number of carbonyl (C=O) groups is 1. The number of carbonyl (C=O) groups excluding carboxylic acids is 2. The van der Waals surface area contributed by atoms with Gasteiger partial charge in [-0.1, -0.05) is 36.4 Å². The largest absolute Gasteiger partial charge is 0.526 e.